The lowest BCUT2D eigenvalue weighted by atomic mass is 9.87. The van der Waals surface area contributed by atoms with Crippen LogP contribution in [0, 0.1) is 5.92 Å². The van der Waals surface area contributed by atoms with Crippen molar-refractivity contribution in [1.29, 1.82) is 0 Å². The summed E-state index contributed by atoms with van der Waals surface area (Å²) in [4.78, 5) is 13.9. The number of piperidine rings is 1. The zero-order chi connectivity index (χ0) is 16.7. The van der Waals surface area contributed by atoms with Crippen molar-refractivity contribution in [2.45, 2.75) is 38.7 Å². The molecule has 1 aliphatic rings. The number of aliphatic hydroxyl groups excluding tert-OH is 1. The molecule has 1 aromatic carbocycles. The van der Waals surface area contributed by atoms with Crippen LogP contribution in [0.4, 0.5) is 0 Å². The van der Waals surface area contributed by atoms with Gasteiger partial charge in [0.05, 0.1) is 6.10 Å². The molecule has 1 heterocycles. The lowest BCUT2D eigenvalue weighted by molar-refractivity contribution is -0.138. The van der Waals surface area contributed by atoms with Crippen LogP contribution in [0.25, 0.3) is 0 Å². The van der Waals surface area contributed by atoms with Gasteiger partial charge in [-0.2, -0.15) is 0 Å². The first-order chi connectivity index (χ1) is 11.1. The van der Waals surface area contributed by atoms with Gasteiger partial charge in [-0.25, -0.2) is 0 Å². The molecule has 1 aromatic rings. The quantitative estimate of drug-likeness (QED) is 0.774. The Morgan fingerprint density at radius 2 is 2.00 bits per heavy atom. The van der Waals surface area contributed by atoms with E-state index < -0.39 is 6.10 Å². The maximum Gasteiger partial charge on any atom is 0.248 e. The van der Waals surface area contributed by atoms with E-state index in [-0.39, 0.29) is 18.4 Å². The number of hydrogen-bond acceptors (Lipinski definition) is 3. The molecule has 1 saturated heterocycles. The zero-order valence-corrected chi connectivity index (χ0v) is 14.5. The van der Waals surface area contributed by atoms with Crippen LogP contribution in [-0.4, -0.2) is 42.2 Å². The molecule has 1 fully saturated rings. The molecule has 0 aliphatic carbocycles. The van der Waals surface area contributed by atoms with E-state index in [0.29, 0.717) is 24.7 Å². The number of hydrogen-bond donors (Lipinski definition) is 1. The fraction of sp³-hybridized carbons (Fsp3) is 0.611. The molecule has 0 aromatic heterocycles. The summed E-state index contributed by atoms with van der Waals surface area (Å²) in [5.74, 6) is 0.238. The number of carbonyl (C=O) groups is 1. The second-order valence-corrected chi connectivity index (χ2v) is 6.56. The highest BCUT2D eigenvalue weighted by Crippen LogP contribution is 2.31. The molecule has 1 unspecified atom stereocenters. The maximum absolute atomic E-state index is 12.1. The van der Waals surface area contributed by atoms with Gasteiger partial charge in [-0.15, -0.1) is 0 Å². The van der Waals surface area contributed by atoms with Crippen molar-refractivity contribution in [3.8, 4) is 0 Å². The number of unbranched alkanes of at least 4 members (excludes halogenated alkanes) is 1. The number of carbonyl (C=O) groups excluding carboxylic acids is 1. The second-order valence-electron chi connectivity index (χ2n) is 6.12. The summed E-state index contributed by atoms with van der Waals surface area (Å²) in [6.45, 7) is 4.29. The monoisotopic (exact) mass is 339 g/mol. The van der Waals surface area contributed by atoms with E-state index in [1.54, 1.807) is 12.1 Å². The number of likely N-dealkylation sites (tertiary alicyclic amines) is 1. The molecule has 5 heteroatoms. The van der Waals surface area contributed by atoms with Crippen LogP contribution in [0.3, 0.4) is 0 Å². The summed E-state index contributed by atoms with van der Waals surface area (Å²) in [6.07, 6.45) is 3.19. The van der Waals surface area contributed by atoms with Crippen LogP contribution < -0.4 is 0 Å². The molecule has 0 spiro atoms. The van der Waals surface area contributed by atoms with Crippen molar-refractivity contribution in [3.63, 3.8) is 0 Å². The largest absolute Gasteiger partial charge is 0.388 e. The third-order valence-corrected chi connectivity index (χ3v) is 4.67. The summed E-state index contributed by atoms with van der Waals surface area (Å²) in [6, 6.07) is 7.33. The van der Waals surface area contributed by atoms with Gasteiger partial charge in [0, 0.05) is 24.7 Å². The van der Waals surface area contributed by atoms with E-state index >= 15 is 0 Å². The van der Waals surface area contributed by atoms with Gasteiger partial charge in [0.1, 0.15) is 6.61 Å². The van der Waals surface area contributed by atoms with E-state index in [2.05, 4.69) is 6.92 Å². The molecule has 0 saturated carbocycles. The molecule has 1 aliphatic heterocycles. The van der Waals surface area contributed by atoms with Gasteiger partial charge in [-0.05, 0) is 42.9 Å². The second kappa shape index (κ2) is 9.26. The summed E-state index contributed by atoms with van der Waals surface area (Å²) >= 11 is 5.88. The molecule has 1 amide bonds. The smallest absolute Gasteiger partial charge is 0.248 e. The molecular formula is C18H26ClNO3. The lowest BCUT2D eigenvalue weighted by Gasteiger charge is -2.34. The Labute approximate surface area is 143 Å². The fourth-order valence-electron chi connectivity index (χ4n) is 2.89. The number of aliphatic hydroxyl groups is 1. The summed E-state index contributed by atoms with van der Waals surface area (Å²) in [5.41, 5.74) is 0.891. The Bertz CT molecular complexity index is 484. The van der Waals surface area contributed by atoms with E-state index in [1.165, 1.54) is 0 Å². The lowest BCUT2D eigenvalue weighted by Crippen LogP contribution is -2.41. The highest BCUT2D eigenvalue weighted by atomic mass is 35.5. The number of halogens is 1. The summed E-state index contributed by atoms with van der Waals surface area (Å²) in [7, 11) is 0. The van der Waals surface area contributed by atoms with Gasteiger partial charge in [0.2, 0.25) is 5.91 Å². The first-order valence-corrected chi connectivity index (χ1v) is 8.78. The van der Waals surface area contributed by atoms with E-state index in [9.17, 15) is 9.90 Å². The summed E-state index contributed by atoms with van der Waals surface area (Å²) in [5, 5.41) is 11.2. The Balaban J connectivity index is 1.76. The van der Waals surface area contributed by atoms with Crippen molar-refractivity contribution >= 4 is 17.5 Å². The fourth-order valence-corrected chi connectivity index (χ4v) is 3.02. The third-order valence-electron chi connectivity index (χ3n) is 4.42. The molecular weight excluding hydrogens is 314 g/mol. The predicted octanol–water partition coefficient (Wildman–Crippen LogP) is 3.43. The minimum Gasteiger partial charge on any atom is -0.388 e. The minimum absolute atomic E-state index is 0.0561. The number of benzene rings is 1. The van der Waals surface area contributed by atoms with Crippen molar-refractivity contribution in [3.05, 3.63) is 34.9 Å². The molecule has 1 atom stereocenters. The van der Waals surface area contributed by atoms with Gasteiger partial charge in [-0.3, -0.25) is 4.79 Å². The predicted molar refractivity (Wildman–Crippen MR) is 91.4 cm³/mol. The first-order valence-electron chi connectivity index (χ1n) is 8.41. The van der Waals surface area contributed by atoms with Crippen LogP contribution >= 0.6 is 11.6 Å². The highest BCUT2D eigenvalue weighted by Gasteiger charge is 2.28. The number of rotatable bonds is 7. The first kappa shape index (κ1) is 18.2. The minimum atomic E-state index is -0.495. The van der Waals surface area contributed by atoms with Crippen LogP contribution in [0.1, 0.15) is 44.3 Å². The molecule has 1 N–H and O–H groups in total. The molecule has 2 rings (SSSR count). The van der Waals surface area contributed by atoms with Crippen molar-refractivity contribution in [2.24, 2.45) is 5.92 Å². The van der Waals surface area contributed by atoms with Crippen LogP contribution in [0.5, 0.6) is 0 Å². The summed E-state index contributed by atoms with van der Waals surface area (Å²) < 4.78 is 5.39. The molecule has 23 heavy (non-hydrogen) atoms. The third kappa shape index (κ3) is 5.48. The SMILES string of the molecule is CCCCOCC(=O)N1CCC(C(O)c2ccc(Cl)cc2)CC1. The van der Waals surface area contributed by atoms with Crippen molar-refractivity contribution in [1.82, 2.24) is 4.90 Å². The van der Waals surface area contributed by atoms with Crippen molar-refractivity contribution < 1.29 is 14.6 Å². The molecule has 0 radical (unpaired) electrons. The molecule has 128 valence electrons. The molecule has 4 nitrogen and oxygen atoms in total. The van der Waals surface area contributed by atoms with Crippen LogP contribution in [0.2, 0.25) is 5.02 Å². The van der Waals surface area contributed by atoms with Gasteiger partial charge < -0.3 is 14.7 Å². The number of nitrogens with zero attached hydrogens (tertiary/aromatic N) is 1. The Morgan fingerprint density at radius 3 is 2.61 bits per heavy atom. The highest BCUT2D eigenvalue weighted by molar-refractivity contribution is 6.30. The maximum atomic E-state index is 12.1. The standard InChI is InChI=1S/C18H26ClNO3/c1-2-3-12-23-13-17(21)20-10-8-15(9-11-20)18(22)14-4-6-16(19)7-5-14/h4-7,15,18,22H,2-3,8-13H2,1H3. The van der Waals surface area contributed by atoms with E-state index in [0.717, 1.165) is 31.2 Å². The zero-order valence-electron chi connectivity index (χ0n) is 13.7. The van der Waals surface area contributed by atoms with Crippen molar-refractivity contribution in [2.75, 3.05) is 26.3 Å². The average Bonchev–Trinajstić information content (AvgIpc) is 2.59. The normalized spacial score (nSPS) is 17.3. The number of amides is 1. The van der Waals surface area contributed by atoms with Gasteiger partial charge in [-0.1, -0.05) is 37.1 Å². The van der Waals surface area contributed by atoms with Crippen LogP contribution in [-0.2, 0) is 9.53 Å². The van der Waals surface area contributed by atoms with Gasteiger partial charge in [0.25, 0.3) is 0 Å². The Morgan fingerprint density at radius 1 is 1.35 bits per heavy atom. The van der Waals surface area contributed by atoms with Gasteiger partial charge >= 0.3 is 0 Å². The molecule has 0 bridgehead atoms. The number of ether oxygens (including phenoxy) is 1. The Hall–Kier alpha value is -1.10. The van der Waals surface area contributed by atoms with E-state index in [4.69, 9.17) is 16.3 Å². The van der Waals surface area contributed by atoms with Crippen LogP contribution in [0.15, 0.2) is 24.3 Å². The Kier molecular flexibility index (Phi) is 7.34. The van der Waals surface area contributed by atoms with Gasteiger partial charge in [0.15, 0.2) is 0 Å². The average molecular weight is 340 g/mol. The topological polar surface area (TPSA) is 49.8 Å². The van der Waals surface area contributed by atoms with E-state index in [1.807, 2.05) is 17.0 Å².